The fraction of sp³-hybridized carbons (Fsp3) is 1.00. The Labute approximate surface area is 63.0 Å². The molecule has 0 spiro atoms. The van der Waals surface area contributed by atoms with Gasteiger partial charge in [-0.3, -0.25) is 0 Å². The number of hydrogen-bond acceptors (Lipinski definition) is 2. The lowest BCUT2D eigenvalue weighted by Gasteiger charge is -2.18. The molecule has 1 fully saturated rings. The molecule has 0 unspecified atom stereocenters. The van der Waals surface area contributed by atoms with Crippen molar-refractivity contribution in [1.29, 1.82) is 0 Å². The van der Waals surface area contributed by atoms with Crippen molar-refractivity contribution in [3.8, 4) is 0 Å². The second kappa shape index (κ2) is 3.35. The van der Waals surface area contributed by atoms with Crippen LogP contribution < -0.4 is 5.32 Å². The third kappa shape index (κ3) is 1.96. The zero-order valence-electron chi connectivity index (χ0n) is 7.05. The summed E-state index contributed by atoms with van der Waals surface area (Å²) in [6.07, 6.45) is 1.57. The summed E-state index contributed by atoms with van der Waals surface area (Å²) in [5.41, 5.74) is 0. The van der Waals surface area contributed by atoms with Crippen LogP contribution >= 0.6 is 0 Å². The third-order valence-corrected chi connectivity index (χ3v) is 1.92. The molecule has 0 radical (unpaired) electrons. The molecule has 1 aliphatic heterocycles. The van der Waals surface area contributed by atoms with Crippen LogP contribution in [-0.4, -0.2) is 24.8 Å². The van der Waals surface area contributed by atoms with Crippen LogP contribution in [0.4, 0.5) is 0 Å². The molecule has 2 atom stereocenters. The fourth-order valence-electron chi connectivity index (χ4n) is 1.38. The normalized spacial score (nSPS) is 33.6. The molecule has 1 N–H and O–H groups in total. The Kier molecular flexibility index (Phi) is 2.69. The maximum Gasteiger partial charge on any atom is 0.0700 e. The largest absolute Gasteiger partial charge is 0.377 e. The zero-order chi connectivity index (χ0) is 7.56. The molecule has 2 heteroatoms. The molecule has 60 valence electrons. The van der Waals surface area contributed by atoms with Gasteiger partial charge in [-0.15, -0.1) is 0 Å². The summed E-state index contributed by atoms with van der Waals surface area (Å²) >= 11 is 0. The van der Waals surface area contributed by atoms with Crippen molar-refractivity contribution in [3.05, 3.63) is 0 Å². The van der Waals surface area contributed by atoms with Crippen LogP contribution in [0, 0.1) is 0 Å². The summed E-state index contributed by atoms with van der Waals surface area (Å²) < 4.78 is 5.40. The van der Waals surface area contributed by atoms with E-state index in [2.05, 4.69) is 26.1 Å². The molecule has 1 aliphatic rings. The highest BCUT2D eigenvalue weighted by Crippen LogP contribution is 2.12. The maximum absolute atomic E-state index is 5.40. The molecule has 0 bridgehead atoms. The van der Waals surface area contributed by atoms with Gasteiger partial charge < -0.3 is 10.1 Å². The van der Waals surface area contributed by atoms with Crippen LogP contribution in [0.1, 0.15) is 27.2 Å². The van der Waals surface area contributed by atoms with Crippen molar-refractivity contribution in [2.45, 2.75) is 45.4 Å². The second-order valence-electron chi connectivity index (χ2n) is 3.29. The first-order valence-electron chi connectivity index (χ1n) is 4.08. The van der Waals surface area contributed by atoms with Gasteiger partial charge in [0.05, 0.1) is 6.10 Å². The van der Waals surface area contributed by atoms with Crippen molar-refractivity contribution in [3.63, 3.8) is 0 Å². The zero-order valence-corrected chi connectivity index (χ0v) is 7.05. The predicted octanol–water partition coefficient (Wildman–Crippen LogP) is 1.16. The van der Waals surface area contributed by atoms with Gasteiger partial charge in [0.15, 0.2) is 0 Å². The summed E-state index contributed by atoms with van der Waals surface area (Å²) in [4.78, 5) is 0. The summed E-state index contributed by atoms with van der Waals surface area (Å²) in [5.74, 6) is 0. The Bertz CT molecular complexity index is 103. The minimum Gasteiger partial charge on any atom is -0.377 e. The van der Waals surface area contributed by atoms with E-state index in [1.54, 1.807) is 0 Å². The summed E-state index contributed by atoms with van der Waals surface area (Å²) in [7, 11) is 0. The van der Waals surface area contributed by atoms with E-state index in [1.165, 1.54) is 6.42 Å². The quantitative estimate of drug-likeness (QED) is 0.626. The van der Waals surface area contributed by atoms with E-state index in [0.29, 0.717) is 18.2 Å². The average Bonchev–Trinajstić information content (AvgIpc) is 2.15. The minimum atomic E-state index is 0.405. The molecule has 0 amide bonds. The van der Waals surface area contributed by atoms with Crippen LogP contribution in [-0.2, 0) is 4.74 Å². The molecular formula is C8H17NO. The second-order valence-corrected chi connectivity index (χ2v) is 3.29. The number of rotatable bonds is 2. The van der Waals surface area contributed by atoms with Gasteiger partial charge in [-0.25, -0.2) is 0 Å². The van der Waals surface area contributed by atoms with E-state index in [9.17, 15) is 0 Å². The van der Waals surface area contributed by atoms with Crippen molar-refractivity contribution in [2.24, 2.45) is 0 Å². The lowest BCUT2D eigenvalue weighted by atomic mass is 10.1. The van der Waals surface area contributed by atoms with Gasteiger partial charge in [0, 0.05) is 18.7 Å². The third-order valence-electron chi connectivity index (χ3n) is 1.92. The molecular weight excluding hydrogens is 126 g/mol. The highest BCUT2D eigenvalue weighted by molar-refractivity contribution is 4.79. The smallest absolute Gasteiger partial charge is 0.0700 e. The Morgan fingerprint density at radius 2 is 2.20 bits per heavy atom. The van der Waals surface area contributed by atoms with E-state index in [4.69, 9.17) is 4.74 Å². The van der Waals surface area contributed by atoms with E-state index in [1.807, 2.05) is 0 Å². The molecule has 0 aromatic rings. The van der Waals surface area contributed by atoms with Gasteiger partial charge in [0.25, 0.3) is 0 Å². The number of hydrogen-bond donors (Lipinski definition) is 1. The van der Waals surface area contributed by atoms with Crippen LogP contribution in [0.3, 0.4) is 0 Å². The van der Waals surface area contributed by atoms with Gasteiger partial charge in [-0.1, -0.05) is 13.8 Å². The standard InChI is InChI=1S/C8H17NO/c1-6(2)9-8-4-5-10-7(8)3/h6-9H,4-5H2,1-3H3/t7-,8-/m0/s1. The maximum atomic E-state index is 5.40. The molecule has 1 rings (SSSR count). The predicted molar refractivity (Wildman–Crippen MR) is 42.1 cm³/mol. The van der Waals surface area contributed by atoms with Crippen molar-refractivity contribution >= 4 is 0 Å². The Morgan fingerprint density at radius 3 is 2.60 bits per heavy atom. The number of nitrogens with one attached hydrogen (secondary N) is 1. The first kappa shape index (κ1) is 8.02. The van der Waals surface area contributed by atoms with Crippen LogP contribution in [0.2, 0.25) is 0 Å². The monoisotopic (exact) mass is 143 g/mol. The van der Waals surface area contributed by atoms with Gasteiger partial charge in [0.2, 0.25) is 0 Å². The molecule has 1 saturated heterocycles. The molecule has 0 aromatic carbocycles. The summed E-state index contributed by atoms with van der Waals surface area (Å²) in [6, 6.07) is 1.16. The molecule has 2 nitrogen and oxygen atoms in total. The minimum absolute atomic E-state index is 0.405. The lowest BCUT2D eigenvalue weighted by Crippen LogP contribution is -2.39. The highest BCUT2D eigenvalue weighted by Gasteiger charge is 2.23. The Hall–Kier alpha value is -0.0800. The number of ether oxygens (including phenoxy) is 1. The molecule has 0 saturated carbocycles. The first-order valence-corrected chi connectivity index (χ1v) is 4.08. The van der Waals surface area contributed by atoms with E-state index in [-0.39, 0.29) is 0 Å². The average molecular weight is 143 g/mol. The Morgan fingerprint density at radius 1 is 1.50 bits per heavy atom. The van der Waals surface area contributed by atoms with E-state index >= 15 is 0 Å². The molecule has 10 heavy (non-hydrogen) atoms. The van der Waals surface area contributed by atoms with Crippen molar-refractivity contribution in [1.82, 2.24) is 5.32 Å². The van der Waals surface area contributed by atoms with Crippen LogP contribution in [0.15, 0.2) is 0 Å². The summed E-state index contributed by atoms with van der Waals surface area (Å²) in [6.45, 7) is 7.40. The lowest BCUT2D eigenvalue weighted by molar-refractivity contribution is 0.111. The van der Waals surface area contributed by atoms with Gasteiger partial charge >= 0.3 is 0 Å². The SMILES string of the molecule is CC(C)N[C@H]1CCO[C@H]1C. The van der Waals surface area contributed by atoms with Gasteiger partial charge in [-0.2, -0.15) is 0 Å². The fourth-order valence-corrected chi connectivity index (χ4v) is 1.38. The topological polar surface area (TPSA) is 21.3 Å². The molecule has 0 aliphatic carbocycles. The summed E-state index contributed by atoms with van der Waals surface area (Å²) in [5, 5.41) is 3.47. The van der Waals surface area contributed by atoms with E-state index < -0.39 is 0 Å². The van der Waals surface area contributed by atoms with Crippen LogP contribution in [0.25, 0.3) is 0 Å². The van der Waals surface area contributed by atoms with Gasteiger partial charge in [0.1, 0.15) is 0 Å². The Balaban J connectivity index is 2.26. The van der Waals surface area contributed by atoms with Crippen LogP contribution in [0.5, 0.6) is 0 Å². The van der Waals surface area contributed by atoms with Crippen molar-refractivity contribution in [2.75, 3.05) is 6.61 Å². The molecule has 0 aromatic heterocycles. The highest BCUT2D eigenvalue weighted by atomic mass is 16.5. The van der Waals surface area contributed by atoms with Crippen molar-refractivity contribution < 1.29 is 4.74 Å². The molecule has 1 heterocycles. The van der Waals surface area contributed by atoms with Gasteiger partial charge in [-0.05, 0) is 13.3 Å². The first-order chi connectivity index (χ1) is 4.70. The van der Waals surface area contributed by atoms with E-state index in [0.717, 1.165) is 6.61 Å².